The first-order valence-electron chi connectivity index (χ1n) is 10.9. The summed E-state index contributed by atoms with van der Waals surface area (Å²) in [6, 6.07) is 10.2. The number of carbonyl (C=O) groups is 1. The molecule has 0 bridgehead atoms. The first-order valence-corrected chi connectivity index (χ1v) is 12.3. The third kappa shape index (κ3) is 5.14. The Bertz CT molecular complexity index is 1110. The smallest absolute Gasteiger partial charge is 0.257 e. The van der Waals surface area contributed by atoms with E-state index in [-0.39, 0.29) is 23.5 Å². The van der Waals surface area contributed by atoms with E-state index in [1.54, 1.807) is 18.2 Å². The van der Waals surface area contributed by atoms with Gasteiger partial charge in [0.05, 0.1) is 49.7 Å². The Hall–Kier alpha value is -2.66. The topological polar surface area (TPSA) is 97.4 Å². The van der Waals surface area contributed by atoms with E-state index in [2.05, 4.69) is 5.32 Å². The number of hydrogen-bond acceptors (Lipinski definition) is 7. The highest BCUT2D eigenvalue weighted by molar-refractivity contribution is 7.89. The average Bonchev–Trinajstić information content (AvgIpc) is 2.85. The molecule has 9 nitrogen and oxygen atoms in total. The van der Waals surface area contributed by atoms with Gasteiger partial charge in [0.2, 0.25) is 10.0 Å². The minimum atomic E-state index is -3.75. The number of aryl methyl sites for hydroxylation is 1. The van der Waals surface area contributed by atoms with Crippen LogP contribution in [0.1, 0.15) is 15.9 Å². The summed E-state index contributed by atoms with van der Waals surface area (Å²) in [6.45, 7) is 5.51. The standard InChI is InChI=1S/C23H29N3O6S/c1-17-3-6-22(30-2)20(15-17)24-23(27)19-16-18(33(28,29)26-9-13-32-14-10-26)4-5-21(19)25-7-11-31-12-8-25/h3-6,15-16H,7-14H2,1-2H3,(H,24,27). The van der Waals surface area contributed by atoms with Crippen LogP contribution in [0.4, 0.5) is 11.4 Å². The maximum Gasteiger partial charge on any atom is 0.257 e. The zero-order valence-corrected chi connectivity index (χ0v) is 19.7. The number of hydrogen-bond donors (Lipinski definition) is 1. The summed E-state index contributed by atoms with van der Waals surface area (Å²) < 4.78 is 44.0. The molecule has 2 heterocycles. The van der Waals surface area contributed by atoms with Crippen molar-refractivity contribution in [2.75, 3.05) is 69.9 Å². The number of morpholine rings is 2. The summed E-state index contributed by atoms with van der Waals surface area (Å²) in [6.07, 6.45) is 0. The van der Waals surface area contributed by atoms with E-state index >= 15 is 0 Å². The van der Waals surface area contributed by atoms with Crippen molar-refractivity contribution in [2.45, 2.75) is 11.8 Å². The van der Waals surface area contributed by atoms with Gasteiger partial charge in [-0.3, -0.25) is 4.79 Å². The normalized spacial score (nSPS) is 17.6. The first-order chi connectivity index (χ1) is 15.9. The van der Waals surface area contributed by atoms with Crippen molar-refractivity contribution >= 4 is 27.3 Å². The van der Waals surface area contributed by atoms with E-state index in [0.717, 1.165) is 5.56 Å². The van der Waals surface area contributed by atoms with Crippen LogP contribution in [0.15, 0.2) is 41.3 Å². The summed E-state index contributed by atoms with van der Waals surface area (Å²) in [7, 11) is -2.22. The van der Waals surface area contributed by atoms with Crippen molar-refractivity contribution in [3.8, 4) is 5.75 Å². The van der Waals surface area contributed by atoms with Crippen LogP contribution in [-0.4, -0.2) is 78.3 Å². The van der Waals surface area contributed by atoms with Crippen molar-refractivity contribution < 1.29 is 27.4 Å². The summed E-state index contributed by atoms with van der Waals surface area (Å²) >= 11 is 0. The number of methoxy groups -OCH3 is 1. The molecule has 2 aliphatic rings. The molecular formula is C23H29N3O6S. The molecule has 2 aromatic rings. The highest BCUT2D eigenvalue weighted by Gasteiger charge is 2.29. The van der Waals surface area contributed by atoms with Crippen LogP contribution >= 0.6 is 0 Å². The molecule has 0 spiro atoms. The minimum absolute atomic E-state index is 0.0859. The fourth-order valence-corrected chi connectivity index (χ4v) is 5.42. The van der Waals surface area contributed by atoms with Crippen molar-refractivity contribution in [1.29, 1.82) is 0 Å². The SMILES string of the molecule is COc1ccc(C)cc1NC(=O)c1cc(S(=O)(=O)N2CCOCC2)ccc1N1CCOCC1. The third-order valence-electron chi connectivity index (χ3n) is 5.78. The maximum absolute atomic E-state index is 13.5. The van der Waals surface area contributed by atoms with Gasteiger partial charge in [-0.1, -0.05) is 6.07 Å². The summed E-state index contributed by atoms with van der Waals surface area (Å²) in [5, 5.41) is 2.91. The Labute approximate surface area is 194 Å². The van der Waals surface area contributed by atoms with Crippen LogP contribution in [-0.2, 0) is 19.5 Å². The molecule has 1 amide bonds. The average molecular weight is 476 g/mol. The second-order valence-corrected chi connectivity index (χ2v) is 9.89. The molecule has 0 unspecified atom stereocenters. The monoisotopic (exact) mass is 475 g/mol. The molecule has 4 rings (SSSR count). The van der Waals surface area contributed by atoms with Crippen molar-refractivity contribution in [3.05, 3.63) is 47.5 Å². The van der Waals surface area contributed by atoms with Crippen molar-refractivity contribution in [1.82, 2.24) is 4.31 Å². The Kier molecular flexibility index (Phi) is 7.18. The van der Waals surface area contributed by atoms with Crippen molar-refractivity contribution in [2.24, 2.45) is 0 Å². The largest absolute Gasteiger partial charge is 0.495 e. The summed E-state index contributed by atoms with van der Waals surface area (Å²) in [4.78, 5) is 15.6. The Morgan fingerprint density at radius 2 is 1.64 bits per heavy atom. The number of nitrogens with one attached hydrogen (secondary N) is 1. The molecule has 10 heteroatoms. The lowest BCUT2D eigenvalue weighted by atomic mass is 10.1. The van der Waals surface area contributed by atoms with Crippen LogP contribution in [0.25, 0.3) is 0 Å². The summed E-state index contributed by atoms with van der Waals surface area (Å²) in [5.74, 6) is 0.124. The summed E-state index contributed by atoms with van der Waals surface area (Å²) in [5.41, 5.74) is 2.44. The van der Waals surface area contributed by atoms with E-state index < -0.39 is 15.9 Å². The van der Waals surface area contributed by atoms with Gasteiger partial charge in [0.25, 0.3) is 5.91 Å². The van der Waals surface area contributed by atoms with E-state index in [0.29, 0.717) is 56.6 Å². The van der Waals surface area contributed by atoms with Gasteiger partial charge in [0.15, 0.2) is 0 Å². The Morgan fingerprint density at radius 1 is 0.970 bits per heavy atom. The minimum Gasteiger partial charge on any atom is -0.495 e. The van der Waals surface area contributed by atoms with E-state index in [1.165, 1.54) is 17.5 Å². The van der Waals surface area contributed by atoms with E-state index in [9.17, 15) is 13.2 Å². The zero-order valence-electron chi connectivity index (χ0n) is 18.9. The molecule has 0 aliphatic carbocycles. The van der Waals surface area contributed by atoms with Gasteiger partial charge in [-0.15, -0.1) is 0 Å². The van der Waals surface area contributed by atoms with Crippen molar-refractivity contribution in [3.63, 3.8) is 0 Å². The molecule has 2 saturated heterocycles. The van der Waals surface area contributed by atoms with E-state index in [1.807, 2.05) is 24.0 Å². The van der Waals surface area contributed by atoms with Crippen LogP contribution in [0.3, 0.4) is 0 Å². The molecule has 1 N–H and O–H groups in total. The lowest BCUT2D eigenvalue weighted by molar-refractivity contribution is 0.0730. The Morgan fingerprint density at radius 3 is 2.30 bits per heavy atom. The molecule has 0 saturated carbocycles. The highest BCUT2D eigenvalue weighted by Crippen LogP contribution is 2.30. The highest BCUT2D eigenvalue weighted by atomic mass is 32.2. The molecular weight excluding hydrogens is 446 g/mol. The van der Waals surface area contributed by atoms with Gasteiger partial charge in [0, 0.05) is 31.9 Å². The number of carbonyl (C=O) groups excluding carboxylic acids is 1. The molecule has 0 aromatic heterocycles. The lowest BCUT2D eigenvalue weighted by Crippen LogP contribution is -2.41. The van der Waals surface area contributed by atoms with E-state index in [4.69, 9.17) is 14.2 Å². The number of benzene rings is 2. The van der Waals surface area contributed by atoms with Crippen LogP contribution in [0.2, 0.25) is 0 Å². The number of nitrogens with zero attached hydrogens (tertiary/aromatic N) is 2. The predicted octanol–water partition coefficient (Wildman–Crippen LogP) is 2.11. The quantitative estimate of drug-likeness (QED) is 0.683. The van der Waals surface area contributed by atoms with Crippen LogP contribution in [0, 0.1) is 6.92 Å². The Balaban J connectivity index is 1.72. The lowest BCUT2D eigenvalue weighted by Gasteiger charge is -2.31. The van der Waals surface area contributed by atoms with Gasteiger partial charge < -0.3 is 24.4 Å². The number of anilines is 2. The molecule has 0 radical (unpaired) electrons. The van der Waals surface area contributed by atoms with Crippen LogP contribution in [0.5, 0.6) is 5.75 Å². The molecule has 2 aromatic carbocycles. The predicted molar refractivity (Wildman–Crippen MR) is 125 cm³/mol. The maximum atomic E-state index is 13.5. The molecule has 2 aliphatic heterocycles. The second kappa shape index (κ2) is 10.1. The zero-order chi connectivity index (χ0) is 23.4. The first kappa shape index (κ1) is 23.5. The fraction of sp³-hybridized carbons (Fsp3) is 0.435. The van der Waals surface area contributed by atoms with Gasteiger partial charge in [-0.05, 0) is 42.8 Å². The number of amides is 1. The fourth-order valence-electron chi connectivity index (χ4n) is 3.98. The second-order valence-electron chi connectivity index (χ2n) is 7.95. The van der Waals surface area contributed by atoms with Gasteiger partial charge >= 0.3 is 0 Å². The number of rotatable bonds is 6. The van der Waals surface area contributed by atoms with Gasteiger partial charge in [-0.2, -0.15) is 4.31 Å². The van der Waals surface area contributed by atoms with Crippen LogP contribution < -0.4 is 15.0 Å². The third-order valence-corrected chi connectivity index (χ3v) is 7.67. The number of sulfonamides is 1. The molecule has 178 valence electrons. The molecule has 0 atom stereocenters. The van der Waals surface area contributed by atoms with Gasteiger partial charge in [0.1, 0.15) is 5.75 Å². The molecule has 33 heavy (non-hydrogen) atoms. The molecule has 2 fully saturated rings. The van der Waals surface area contributed by atoms with Gasteiger partial charge in [-0.25, -0.2) is 8.42 Å². The number of ether oxygens (including phenoxy) is 3.